The topological polar surface area (TPSA) is 75.6 Å². The van der Waals surface area contributed by atoms with E-state index in [4.69, 9.17) is 21.4 Å². The molecule has 0 atom stereocenters. The third-order valence-electron chi connectivity index (χ3n) is 2.12. The second-order valence-corrected chi connectivity index (χ2v) is 5.36. The SMILES string of the molecule is CC(C)(C)OCC(=O)Nc1ccc(Cl)c(C(=O)O)c1. The van der Waals surface area contributed by atoms with E-state index in [1.54, 1.807) is 0 Å². The summed E-state index contributed by atoms with van der Waals surface area (Å²) in [7, 11) is 0. The van der Waals surface area contributed by atoms with Crippen LogP contribution in [0, 0.1) is 0 Å². The van der Waals surface area contributed by atoms with Crippen molar-refractivity contribution in [1.29, 1.82) is 0 Å². The zero-order valence-electron chi connectivity index (χ0n) is 11.0. The van der Waals surface area contributed by atoms with Crippen LogP contribution < -0.4 is 5.32 Å². The van der Waals surface area contributed by atoms with Gasteiger partial charge in [-0.2, -0.15) is 0 Å². The Kier molecular flexibility index (Phi) is 4.91. The molecule has 2 N–H and O–H groups in total. The summed E-state index contributed by atoms with van der Waals surface area (Å²) >= 11 is 5.73. The molecule has 0 aliphatic carbocycles. The number of ether oxygens (including phenoxy) is 1. The summed E-state index contributed by atoms with van der Waals surface area (Å²) in [6.07, 6.45) is 0. The summed E-state index contributed by atoms with van der Waals surface area (Å²) in [4.78, 5) is 22.5. The number of carboxylic acids is 1. The van der Waals surface area contributed by atoms with Crippen LogP contribution >= 0.6 is 11.6 Å². The lowest BCUT2D eigenvalue weighted by Gasteiger charge is -2.19. The summed E-state index contributed by atoms with van der Waals surface area (Å²) in [6.45, 7) is 5.41. The van der Waals surface area contributed by atoms with Crippen molar-refractivity contribution in [3.8, 4) is 0 Å². The number of hydrogen-bond donors (Lipinski definition) is 2. The number of hydrogen-bond acceptors (Lipinski definition) is 3. The normalized spacial score (nSPS) is 11.2. The van der Waals surface area contributed by atoms with Gasteiger partial charge in [0.2, 0.25) is 5.91 Å². The average molecular weight is 286 g/mol. The third-order valence-corrected chi connectivity index (χ3v) is 2.45. The first-order valence-corrected chi connectivity index (χ1v) is 6.03. The van der Waals surface area contributed by atoms with Crippen LogP contribution in [0.4, 0.5) is 5.69 Å². The van der Waals surface area contributed by atoms with Crippen LogP contribution in [0.15, 0.2) is 18.2 Å². The Morgan fingerprint density at radius 3 is 2.53 bits per heavy atom. The predicted octanol–water partition coefficient (Wildman–Crippen LogP) is 2.79. The molecule has 0 aromatic heterocycles. The van der Waals surface area contributed by atoms with Crippen molar-refractivity contribution in [2.24, 2.45) is 0 Å². The van der Waals surface area contributed by atoms with Crippen molar-refractivity contribution in [2.45, 2.75) is 26.4 Å². The van der Waals surface area contributed by atoms with Gasteiger partial charge in [-0.1, -0.05) is 11.6 Å². The molecule has 0 bridgehead atoms. The van der Waals surface area contributed by atoms with Gasteiger partial charge in [-0.05, 0) is 39.0 Å². The minimum atomic E-state index is -1.15. The van der Waals surface area contributed by atoms with Crippen LogP contribution in [0.2, 0.25) is 5.02 Å². The molecule has 0 unspecified atom stereocenters. The molecule has 0 spiro atoms. The van der Waals surface area contributed by atoms with Gasteiger partial charge in [0, 0.05) is 5.69 Å². The van der Waals surface area contributed by atoms with Gasteiger partial charge in [-0.15, -0.1) is 0 Å². The Hall–Kier alpha value is -1.59. The van der Waals surface area contributed by atoms with Crippen LogP contribution in [0.25, 0.3) is 0 Å². The number of halogens is 1. The van der Waals surface area contributed by atoms with E-state index in [2.05, 4.69) is 5.32 Å². The van der Waals surface area contributed by atoms with Crippen LogP contribution in [0.5, 0.6) is 0 Å². The van der Waals surface area contributed by atoms with Crippen molar-refractivity contribution < 1.29 is 19.4 Å². The molecule has 1 aromatic rings. The lowest BCUT2D eigenvalue weighted by molar-refractivity contribution is -0.125. The average Bonchev–Trinajstić information content (AvgIpc) is 2.28. The highest BCUT2D eigenvalue weighted by molar-refractivity contribution is 6.33. The quantitative estimate of drug-likeness (QED) is 0.892. The Balaban J connectivity index is 2.70. The maximum absolute atomic E-state index is 11.6. The molecule has 6 heteroatoms. The van der Waals surface area contributed by atoms with Crippen molar-refractivity contribution >= 4 is 29.2 Å². The first-order valence-electron chi connectivity index (χ1n) is 5.66. The van der Waals surface area contributed by atoms with Crippen molar-refractivity contribution in [2.75, 3.05) is 11.9 Å². The van der Waals surface area contributed by atoms with Crippen LogP contribution in [0.3, 0.4) is 0 Å². The van der Waals surface area contributed by atoms with Gasteiger partial charge in [-0.3, -0.25) is 4.79 Å². The molecular formula is C13H16ClNO4. The summed E-state index contributed by atoms with van der Waals surface area (Å²) in [5.74, 6) is -1.50. The van der Waals surface area contributed by atoms with E-state index in [1.807, 2.05) is 20.8 Å². The van der Waals surface area contributed by atoms with Crippen molar-refractivity contribution in [3.63, 3.8) is 0 Å². The molecule has 1 amide bonds. The predicted molar refractivity (Wildman–Crippen MR) is 72.7 cm³/mol. The second-order valence-electron chi connectivity index (χ2n) is 4.95. The minimum absolute atomic E-state index is 0.0591. The van der Waals surface area contributed by atoms with Crippen LogP contribution in [-0.2, 0) is 9.53 Å². The highest BCUT2D eigenvalue weighted by Crippen LogP contribution is 2.20. The van der Waals surface area contributed by atoms with Crippen molar-refractivity contribution in [3.05, 3.63) is 28.8 Å². The summed E-state index contributed by atoms with van der Waals surface area (Å²) < 4.78 is 5.31. The standard InChI is InChI=1S/C13H16ClNO4/c1-13(2,3)19-7-11(16)15-8-4-5-10(14)9(6-8)12(17)18/h4-6H,7H2,1-3H3,(H,15,16)(H,17,18). The number of benzene rings is 1. The highest BCUT2D eigenvalue weighted by Gasteiger charge is 2.14. The zero-order chi connectivity index (χ0) is 14.6. The van der Waals surface area contributed by atoms with E-state index < -0.39 is 11.6 Å². The first-order chi connectivity index (χ1) is 8.69. The van der Waals surface area contributed by atoms with Crippen LogP contribution in [0.1, 0.15) is 31.1 Å². The van der Waals surface area contributed by atoms with E-state index >= 15 is 0 Å². The fraction of sp³-hybridized carbons (Fsp3) is 0.385. The van der Waals surface area contributed by atoms with E-state index in [9.17, 15) is 9.59 Å². The summed E-state index contributed by atoms with van der Waals surface area (Å²) in [5.41, 5.74) is -0.107. The largest absolute Gasteiger partial charge is 0.478 e. The fourth-order valence-electron chi connectivity index (χ4n) is 1.25. The Labute approximate surface area is 116 Å². The van der Waals surface area contributed by atoms with Gasteiger partial charge in [0.25, 0.3) is 0 Å². The Morgan fingerprint density at radius 2 is 2.00 bits per heavy atom. The molecule has 19 heavy (non-hydrogen) atoms. The van der Waals surface area contributed by atoms with Gasteiger partial charge in [0.15, 0.2) is 0 Å². The number of amides is 1. The molecule has 0 fully saturated rings. The molecule has 1 aromatic carbocycles. The van der Waals surface area contributed by atoms with Crippen LogP contribution in [-0.4, -0.2) is 29.2 Å². The smallest absolute Gasteiger partial charge is 0.337 e. The molecule has 0 saturated heterocycles. The van der Waals surface area contributed by atoms with Crippen molar-refractivity contribution in [1.82, 2.24) is 0 Å². The molecule has 0 radical (unpaired) electrons. The third kappa shape index (κ3) is 5.28. The van der Waals surface area contributed by atoms with Gasteiger partial charge in [0.05, 0.1) is 16.2 Å². The first kappa shape index (κ1) is 15.5. The van der Waals surface area contributed by atoms with E-state index in [1.165, 1.54) is 18.2 Å². The Morgan fingerprint density at radius 1 is 1.37 bits per heavy atom. The number of nitrogens with one attached hydrogen (secondary N) is 1. The lowest BCUT2D eigenvalue weighted by Crippen LogP contribution is -2.27. The monoisotopic (exact) mass is 285 g/mol. The van der Waals surface area contributed by atoms with E-state index in [0.29, 0.717) is 5.69 Å². The zero-order valence-corrected chi connectivity index (χ0v) is 11.7. The van der Waals surface area contributed by atoms with Gasteiger partial charge >= 0.3 is 5.97 Å². The number of carboxylic acid groups (broad SMARTS) is 1. The second kappa shape index (κ2) is 6.04. The molecule has 0 saturated carbocycles. The fourth-order valence-corrected chi connectivity index (χ4v) is 1.44. The maximum Gasteiger partial charge on any atom is 0.337 e. The number of carbonyl (C=O) groups excluding carboxylic acids is 1. The number of rotatable bonds is 4. The molecular weight excluding hydrogens is 270 g/mol. The highest BCUT2D eigenvalue weighted by atomic mass is 35.5. The van der Waals surface area contributed by atoms with Gasteiger partial charge in [0.1, 0.15) is 6.61 Å². The maximum atomic E-state index is 11.6. The molecule has 1 rings (SSSR count). The molecule has 0 aliphatic rings. The molecule has 5 nitrogen and oxygen atoms in total. The molecule has 0 aliphatic heterocycles. The molecule has 0 heterocycles. The van der Waals surface area contributed by atoms with Gasteiger partial charge in [-0.25, -0.2) is 4.79 Å². The summed E-state index contributed by atoms with van der Waals surface area (Å²) in [5, 5.41) is 11.6. The summed E-state index contributed by atoms with van der Waals surface area (Å²) in [6, 6.07) is 4.26. The number of aromatic carboxylic acids is 1. The molecule has 104 valence electrons. The number of anilines is 1. The van der Waals surface area contributed by atoms with Gasteiger partial charge < -0.3 is 15.2 Å². The van der Waals surface area contributed by atoms with E-state index in [0.717, 1.165) is 0 Å². The van der Waals surface area contributed by atoms with E-state index in [-0.39, 0.29) is 23.1 Å². The lowest BCUT2D eigenvalue weighted by atomic mass is 10.2. The Bertz CT molecular complexity index is 494. The number of carbonyl (C=O) groups is 2. The minimum Gasteiger partial charge on any atom is -0.478 e.